The highest BCUT2D eigenvalue weighted by atomic mass is 32.1. The van der Waals surface area contributed by atoms with Crippen LogP contribution in [0, 0.1) is 16.9 Å². The van der Waals surface area contributed by atoms with Crippen molar-refractivity contribution in [2.45, 2.75) is 13.3 Å². The molecule has 2 heterocycles. The van der Waals surface area contributed by atoms with E-state index in [0.29, 0.717) is 24.6 Å². The first-order valence-corrected chi connectivity index (χ1v) is 7.90. The highest BCUT2D eigenvalue weighted by Crippen LogP contribution is 2.33. The lowest BCUT2D eigenvalue weighted by Crippen LogP contribution is -2.35. The molecule has 1 fully saturated rings. The van der Waals surface area contributed by atoms with Gasteiger partial charge in [0, 0.05) is 19.3 Å². The van der Waals surface area contributed by atoms with Gasteiger partial charge in [-0.05, 0) is 18.9 Å². The summed E-state index contributed by atoms with van der Waals surface area (Å²) in [5, 5.41) is 12.4. The number of thiazole rings is 1. The number of carbonyl (C=O) groups is 1. The number of hydrogen-bond acceptors (Lipinski definition) is 5. The zero-order valence-corrected chi connectivity index (χ0v) is 13.1. The van der Waals surface area contributed by atoms with Crippen molar-refractivity contribution in [1.82, 2.24) is 9.88 Å². The Bertz CT molecular complexity index is 721. The van der Waals surface area contributed by atoms with Crippen LogP contribution >= 0.6 is 11.3 Å². The first-order chi connectivity index (χ1) is 10.6. The molecule has 1 aliphatic heterocycles. The van der Waals surface area contributed by atoms with Crippen LogP contribution in [-0.4, -0.2) is 28.9 Å². The molecule has 6 heteroatoms. The van der Waals surface area contributed by atoms with Gasteiger partial charge < -0.3 is 10.2 Å². The molecule has 1 aromatic heterocycles. The van der Waals surface area contributed by atoms with Crippen molar-refractivity contribution in [3.05, 3.63) is 36.5 Å². The van der Waals surface area contributed by atoms with Crippen LogP contribution < -0.4 is 5.32 Å². The van der Waals surface area contributed by atoms with Crippen molar-refractivity contribution in [2.75, 3.05) is 18.4 Å². The van der Waals surface area contributed by atoms with E-state index in [0.717, 1.165) is 10.4 Å². The van der Waals surface area contributed by atoms with E-state index in [4.69, 9.17) is 5.26 Å². The topological polar surface area (TPSA) is 69.0 Å². The zero-order valence-electron chi connectivity index (χ0n) is 12.2. The van der Waals surface area contributed by atoms with E-state index < -0.39 is 5.41 Å². The SMILES string of the molecule is CC1(C(=O)Nc2ncc(-c3ccccc3)s2)CCN(C#N)C1. The molecule has 0 spiro atoms. The fraction of sp³-hybridized carbons (Fsp3) is 0.312. The van der Waals surface area contributed by atoms with Crippen LogP contribution in [0.1, 0.15) is 13.3 Å². The number of anilines is 1. The monoisotopic (exact) mass is 312 g/mol. The van der Waals surface area contributed by atoms with Crippen molar-refractivity contribution < 1.29 is 4.79 Å². The molecule has 5 nitrogen and oxygen atoms in total. The Balaban J connectivity index is 1.71. The molecule has 112 valence electrons. The summed E-state index contributed by atoms with van der Waals surface area (Å²) in [6, 6.07) is 9.95. The molecular formula is C16H16N4OS. The normalized spacial score (nSPS) is 20.6. The molecule has 1 N–H and O–H groups in total. The molecule has 0 bridgehead atoms. The molecule has 0 saturated carbocycles. The molecular weight excluding hydrogens is 296 g/mol. The van der Waals surface area contributed by atoms with E-state index in [9.17, 15) is 4.79 Å². The van der Waals surface area contributed by atoms with Crippen LogP contribution in [-0.2, 0) is 4.79 Å². The average molecular weight is 312 g/mol. The van der Waals surface area contributed by atoms with Gasteiger partial charge in [0.05, 0.1) is 10.3 Å². The number of benzene rings is 1. The molecule has 1 saturated heterocycles. The third-order valence-corrected chi connectivity index (χ3v) is 4.91. The standard InChI is InChI=1S/C16H16N4OS/c1-16(7-8-20(10-16)11-17)14(21)19-15-18-9-13(22-15)12-5-3-2-4-6-12/h2-6,9H,7-8,10H2,1H3,(H,18,19,21). The lowest BCUT2D eigenvalue weighted by atomic mass is 9.89. The molecule has 1 amide bonds. The summed E-state index contributed by atoms with van der Waals surface area (Å²) in [6.45, 7) is 2.99. The fourth-order valence-electron chi connectivity index (χ4n) is 2.55. The lowest BCUT2D eigenvalue weighted by Gasteiger charge is -2.20. The minimum Gasteiger partial charge on any atom is -0.310 e. The molecule has 1 aliphatic rings. The van der Waals surface area contributed by atoms with Gasteiger partial charge in [-0.2, -0.15) is 5.26 Å². The van der Waals surface area contributed by atoms with Crippen LogP contribution in [0.2, 0.25) is 0 Å². The number of rotatable bonds is 3. The summed E-state index contributed by atoms with van der Waals surface area (Å²) in [5.41, 5.74) is 0.553. The third-order valence-electron chi connectivity index (χ3n) is 3.95. The number of nitrogens with zero attached hydrogens (tertiary/aromatic N) is 3. The Morgan fingerprint density at radius 3 is 2.91 bits per heavy atom. The van der Waals surface area contributed by atoms with E-state index in [1.165, 1.54) is 11.3 Å². The minimum absolute atomic E-state index is 0.0702. The fourth-order valence-corrected chi connectivity index (χ4v) is 3.36. The smallest absolute Gasteiger partial charge is 0.233 e. The van der Waals surface area contributed by atoms with Gasteiger partial charge in [0.1, 0.15) is 0 Å². The van der Waals surface area contributed by atoms with Gasteiger partial charge in [0.15, 0.2) is 11.3 Å². The first kappa shape index (κ1) is 14.5. The van der Waals surface area contributed by atoms with Crippen molar-refractivity contribution in [3.8, 4) is 16.6 Å². The summed E-state index contributed by atoms with van der Waals surface area (Å²) in [4.78, 5) is 19.4. The maximum atomic E-state index is 12.5. The van der Waals surface area contributed by atoms with Gasteiger partial charge >= 0.3 is 0 Å². The van der Waals surface area contributed by atoms with Crippen LogP contribution in [0.4, 0.5) is 5.13 Å². The molecule has 22 heavy (non-hydrogen) atoms. The largest absolute Gasteiger partial charge is 0.310 e. The van der Waals surface area contributed by atoms with Gasteiger partial charge in [-0.3, -0.25) is 4.79 Å². The highest BCUT2D eigenvalue weighted by Gasteiger charge is 2.40. The van der Waals surface area contributed by atoms with Crippen LogP contribution in [0.15, 0.2) is 36.5 Å². The molecule has 0 radical (unpaired) electrons. The number of carbonyl (C=O) groups excluding carboxylic acids is 1. The molecule has 0 aliphatic carbocycles. The zero-order chi connectivity index (χ0) is 15.6. The summed E-state index contributed by atoms with van der Waals surface area (Å²) >= 11 is 1.46. The van der Waals surface area contributed by atoms with Gasteiger partial charge in [0.2, 0.25) is 5.91 Å². The van der Waals surface area contributed by atoms with E-state index in [1.807, 2.05) is 37.3 Å². The van der Waals surface area contributed by atoms with E-state index in [1.54, 1.807) is 11.1 Å². The van der Waals surface area contributed by atoms with Gasteiger partial charge in [-0.25, -0.2) is 4.98 Å². The van der Waals surface area contributed by atoms with Crippen molar-refractivity contribution in [3.63, 3.8) is 0 Å². The lowest BCUT2D eigenvalue weighted by molar-refractivity contribution is -0.124. The second kappa shape index (κ2) is 5.78. The Morgan fingerprint density at radius 1 is 1.45 bits per heavy atom. The van der Waals surface area contributed by atoms with Gasteiger partial charge in [0.25, 0.3) is 0 Å². The van der Waals surface area contributed by atoms with Crippen LogP contribution in [0.5, 0.6) is 0 Å². The average Bonchev–Trinajstić information content (AvgIpc) is 3.16. The van der Waals surface area contributed by atoms with E-state index >= 15 is 0 Å². The van der Waals surface area contributed by atoms with Gasteiger partial charge in [-0.15, -0.1) is 0 Å². The number of nitriles is 1. The quantitative estimate of drug-likeness (QED) is 0.885. The Morgan fingerprint density at radius 2 is 2.23 bits per heavy atom. The summed E-state index contributed by atoms with van der Waals surface area (Å²) < 4.78 is 0. The van der Waals surface area contributed by atoms with Crippen molar-refractivity contribution in [1.29, 1.82) is 5.26 Å². The predicted molar refractivity (Wildman–Crippen MR) is 86.1 cm³/mol. The van der Waals surface area contributed by atoms with Crippen molar-refractivity contribution >= 4 is 22.4 Å². The molecule has 2 aromatic rings. The highest BCUT2D eigenvalue weighted by molar-refractivity contribution is 7.19. The number of nitrogens with one attached hydrogen (secondary N) is 1. The second-order valence-electron chi connectivity index (χ2n) is 5.68. The first-order valence-electron chi connectivity index (χ1n) is 7.08. The number of hydrogen-bond donors (Lipinski definition) is 1. The number of likely N-dealkylation sites (tertiary alicyclic amines) is 1. The Hall–Kier alpha value is -2.39. The van der Waals surface area contributed by atoms with E-state index in [2.05, 4.69) is 16.5 Å². The Kier molecular flexibility index (Phi) is 3.82. The molecule has 3 rings (SSSR count). The predicted octanol–water partition coefficient (Wildman–Crippen LogP) is 2.94. The Labute approximate surface area is 133 Å². The summed E-state index contributed by atoms with van der Waals surface area (Å²) in [6.07, 6.45) is 4.56. The maximum absolute atomic E-state index is 12.5. The molecule has 1 aromatic carbocycles. The summed E-state index contributed by atoms with van der Waals surface area (Å²) in [5.74, 6) is -0.0702. The molecule has 1 atom stereocenters. The van der Waals surface area contributed by atoms with Gasteiger partial charge in [-0.1, -0.05) is 41.7 Å². The third kappa shape index (κ3) is 2.81. The maximum Gasteiger partial charge on any atom is 0.233 e. The second-order valence-corrected chi connectivity index (χ2v) is 6.71. The number of aromatic nitrogens is 1. The minimum atomic E-state index is -0.533. The van der Waals surface area contributed by atoms with Crippen LogP contribution in [0.25, 0.3) is 10.4 Å². The van der Waals surface area contributed by atoms with E-state index in [-0.39, 0.29) is 5.91 Å². The number of amides is 1. The molecule has 1 unspecified atom stereocenters. The summed E-state index contributed by atoms with van der Waals surface area (Å²) in [7, 11) is 0. The van der Waals surface area contributed by atoms with Crippen LogP contribution in [0.3, 0.4) is 0 Å². The van der Waals surface area contributed by atoms with Crippen molar-refractivity contribution in [2.24, 2.45) is 5.41 Å².